The zero-order valence-corrected chi connectivity index (χ0v) is 11.4. The Kier molecular flexibility index (Phi) is 7.00. The Morgan fingerprint density at radius 3 is 2.20 bits per heavy atom. The highest BCUT2D eigenvalue weighted by molar-refractivity contribution is 6.01. The van der Waals surface area contributed by atoms with Gasteiger partial charge in [-0.15, -0.1) is 0 Å². The van der Waals surface area contributed by atoms with E-state index in [0.29, 0.717) is 6.61 Å². The monoisotopic (exact) mass is 287 g/mol. The molecule has 1 saturated carbocycles. The molecule has 1 heterocycles. The molecule has 7 nitrogen and oxygen atoms in total. The first kappa shape index (κ1) is 16.4. The van der Waals surface area contributed by atoms with Gasteiger partial charge in [0.25, 0.3) is 11.8 Å². The van der Waals surface area contributed by atoms with Gasteiger partial charge in [-0.3, -0.25) is 14.4 Å². The van der Waals surface area contributed by atoms with Crippen LogP contribution in [0.3, 0.4) is 0 Å². The van der Waals surface area contributed by atoms with Crippen molar-refractivity contribution in [3.63, 3.8) is 0 Å². The maximum absolute atomic E-state index is 10.6. The standard InChI is InChI=1S/C8H16O.C5H5NO5/c9-7-3-6-8-4-1-2-5-8;7-3-1-2-4(8)6(3)11-5(9)10/h8-9H,1-7H2;1-2H2,(H,9,10). The molecular formula is C13H21NO6. The summed E-state index contributed by atoms with van der Waals surface area (Å²) in [6.45, 7) is 0.385. The lowest BCUT2D eigenvalue weighted by molar-refractivity contribution is -0.175. The third-order valence-corrected chi connectivity index (χ3v) is 3.42. The van der Waals surface area contributed by atoms with Gasteiger partial charge in [0.05, 0.1) is 0 Å². The summed E-state index contributed by atoms with van der Waals surface area (Å²) in [5, 5.41) is 16.8. The van der Waals surface area contributed by atoms with Crippen LogP contribution in [0.25, 0.3) is 0 Å². The van der Waals surface area contributed by atoms with Gasteiger partial charge in [0.2, 0.25) is 0 Å². The molecule has 20 heavy (non-hydrogen) atoms. The molecule has 2 fully saturated rings. The number of hydrogen-bond donors (Lipinski definition) is 2. The number of rotatable bonds is 4. The molecule has 0 aromatic rings. The van der Waals surface area contributed by atoms with Crippen LogP contribution in [0.2, 0.25) is 0 Å². The zero-order chi connectivity index (χ0) is 15.0. The van der Waals surface area contributed by atoms with Crippen molar-refractivity contribution in [2.45, 2.75) is 51.4 Å². The molecule has 1 aliphatic heterocycles. The second-order valence-electron chi connectivity index (χ2n) is 4.96. The van der Waals surface area contributed by atoms with E-state index in [1.165, 1.54) is 32.1 Å². The first-order valence-corrected chi connectivity index (χ1v) is 6.92. The number of hydroxylamine groups is 2. The molecule has 0 spiro atoms. The van der Waals surface area contributed by atoms with E-state index < -0.39 is 18.0 Å². The Hall–Kier alpha value is -1.63. The fourth-order valence-corrected chi connectivity index (χ4v) is 2.41. The minimum absolute atomic E-state index is 0.0200. The maximum Gasteiger partial charge on any atom is 0.531 e. The molecule has 1 saturated heterocycles. The molecule has 2 rings (SSSR count). The number of amides is 2. The quantitative estimate of drug-likeness (QED) is 0.762. The fraction of sp³-hybridized carbons (Fsp3) is 0.769. The van der Waals surface area contributed by atoms with Crippen molar-refractivity contribution in [3.8, 4) is 0 Å². The van der Waals surface area contributed by atoms with Gasteiger partial charge in [-0.1, -0.05) is 30.7 Å². The highest BCUT2D eigenvalue weighted by Gasteiger charge is 2.32. The van der Waals surface area contributed by atoms with Crippen molar-refractivity contribution < 1.29 is 29.4 Å². The summed E-state index contributed by atoms with van der Waals surface area (Å²) in [5.41, 5.74) is 0. The topological polar surface area (TPSA) is 104 Å². The Balaban J connectivity index is 0.000000204. The van der Waals surface area contributed by atoms with Crippen molar-refractivity contribution in [2.24, 2.45) is 5.92 Å². The summed E-state index contributed by atoms with van der Waals surface area (Å²) in [5.74, 6) is -0.271. The Bertz CT molecular complexity index is 335. The third kappa shape index (κ3) is 5.56. The summed E-state index contributed by atoms with van der Waals surface area (Å²) in [4.78, 5) is 35.0. The van der Waals surface area contributed by atoms with E-state index >= 15 is 0 Å². The smallest absolute Gasteiger partial charge is 0.448 e. The number of hydrogen-bond acceptors (Lipinski definition) is 5. The first-order chi connectivity index (χ1) is 9.54. The van der Waals surface area contributed by atoms with E-state index in [2.05, 4.69) is 4.84 Å². The molecule has 0 atom stereocenters. The predicted molar refractivity (Wildman–Crippen MR) is 68.5 cm³/mol. The SMILES string of the molecule is O=C(O)ON1C(=O)CCC1=O.OCCCC1CCCC1. The summed E-state index contributed by atoms with van der Waals surface area (Å²) >= 11 is 0. The van der Waals surface area contributed by atoms with E-state index in [1.807, 2.05) is 0 Å². The number of carbonyl (C=O) groups excluding carboxylic acids is 2. The lowest BCUT2D eigenvalue weighted by Crippen LogP contribution is -2.31. The lowest BCUT2D eigenvalue weighted by atomic mass is 10.0. The summed E-state index contributed by atoms with van der Waals surface area (Å²) in [7, 11) is 0. The average Bonchev–Trinajstić information content (AvgIpc) is 3.02. The van der Waals surface area contributed by atoms with Crippen LogP contribution in [0, 0.1) is 5.92 Å². The van der Waals surface area contributed by atoms with Crippen LogP contribution >= 0.6 is 0 Å². The van der Waals surface area contributed by atoms with Crippen molar-refractivity contribution in [3.05, 3.63) is 0 Å². The molecule has 114 valence electrons. The van der Waals surface area contributed by atoms with Crippen LogP contribution in [-0.4, -0.2) is 39.9 Å². The normalized spacial score (nSPS) is 18.9. The molecule has 0 radical (unpaired) electrons. The molecule has 0 unspecified atom stereocenters. The van der Waals surface area contributed by atoms with Gasteiger partial charge < -0.3 is 10.2 Å². The zero-order valence-electron chi connectivity index (χ0n) is 11.4. The van der Waals surface area contributed by atoms with Crippen LogP contribution in [0.4, 0.5) is 4.79 Å². The van der Waals surface area contributed by atoms with Crippen molar-refractivity contribution in [1.29, 1.82) is 0 Å². The Morgan fingerprint density at radius 2 is 1.75 bits per heavy atom. The Morgan fingerprint density at radius 1 is 1.20 bits per heavy atom. The van der Waals surface area contributed by atoms with E-state index in [4.69, 9.17) is 10.2 Å². The molecule has 2 amide bonds. The average molecular weight is 287 g/mol. The molecule has 2 aliphatic rings. The lowest BCUT2D eigenvalue weighted by Gasteiger charge is -2.08. The largest absolute Gasteiger partial charge is 0.531 e. The molecular weight excluding hydrogens is 266 g/mol. The van der Waals surface area contributed by atoms with E-state index in [0.717, 1.165) is 12.3 Å². The first-order valence-electron chi connectivity index (χ1n) is 6.92. The fourth-order valence-electron chi connectivity index (χ4n) is 2.41. The molecule has 0 aromatic carbocycles. The van der Waals surface area contributed by atoms with E-state index in [1.54, 1.807) is 0 Å². The number of carboxylic acid groups (broad SMARTS) is 1. The molecule has 7 heteroatoms. The summed E-state index contributed by atoms with van der Waals surface area (Å²) < 4.78 is 0. The minimum atomic E-state index is -1.66. The number of carbonyl (C=O) groups is 3. The van der Waals surface area contributed by atoms with Gasteiger partial charge >= 0.3 is 6.16 Å². The van der Waals surface area contributed by atoms with Gasteiger partial charge in [0, 0.05) is 19.4 Å². The maximum atomic E-state index is 10.6. The van der Waals surface area contributed by atoms with Crippen LogP contribution in [-0.2, 0) is 14.4 Å². The van der Waals surface area contributed by atoms with Crippen molar-refractivity contribution in [2.75, 3.05) is 6.61 Å². The molecule has 0 aromatic heterocycles. The van der Waals surface area contributed by atoms with Gasteiger partial charge in [0.1, 0.15) is 0 Å². The van der Waals surface area contributed by atoms with Crippen LogP contribution in [0.5, 0.6) is 0 Å². The number of imide groups is 1. The van der Waals surface area contributed by atoms with Gasteiger partial charge in [0.15, 0.2) is 0 Å². The summed E-state index contributed by atoms with van der Waals surface area (Å²) in [6, 6.07) is 0. The van der Waals surface area contributed by atoms with Gasteiger partial charge in [-0.05, 0) is 18.8 Å². The van der Waals surface area contributed by atoms with Gasteiger partial charge in [-0.25, -0.2) is 4.79 Å². The number of aliphatic hydroxyl groups is 1. The van der Waals surface area contributed by atoms with Crippen molar-refractivity contribution in [1.82, 2.24) is 5.06 Å². The van der Waals surface area contributed by atoms with Crippen molar-refractivity contribution >= 4 is 18.0 Å². The van der Waals surface area contributed by atoms with E-state index in [9.17, 15) is 14.4 Å². The van der Waals surface area contributed by atoms with Crippen LogP contribution < -0.4 is 0 Å². The molecule has 2 N–H and O–H groups in total. The minimum Gasteiger partial charge on any atom is -0.448 e. The van der Waals surface area contributed by atoms with E-state index in [-0.39, 0.29) is 17.9 Å². The Labute approximate surface area is 117 Å². The van der Waals surface area contributed by atoms with Gasteiger partial charge in [-0.2, -0.15) is 0 Å². The molecule has 1 aliphatic carbocycles. The number of nitrogens with zero attached hydrogens (tertiary/aromatic N) is 1. The highest BCUT2D eigenvalue weighted by Crippen LogP contribution is 2.28. The third-order valence-electron chi connectivity index (χ3n) is 3.42. The number of aliphatic hydroxyl groups excluding tert-OH is 1. The highest BCUT2D eigenvalue weighted by atomic mass is 16.8. The second kappa shape index (κ2) is 8.52. The van der Waals surface area contributed by atoms with Crippen LogP contribution in [0.1, 0.15) is 51.4 Å². The predicted octanol–water partition coefficient (Wildman–Crippen LogP) is 1.69. The summed E-state index contributed by atoms with van der Waals surface area (Å²) in [6.07, 6.45) is 6.35. The van der Waals surface area contributed by atoms with Crippen LogP contribution in [0.15, 0.2) is 0 Å². The molecule has 0 bridgehead atoms. The second-order valence-corrected chi connectivity index (χ2v) is 4.96.